The number of allylic oxidation sites excluding steroid dienone is 1. The lowest BCUT2D eigenvalue weighted by Crippen LogP contribution is -2.71. The highest BCUT2D eigenvalue weighted by molar-refractivity contribution is 5.32. The fraction of sp³-hybridized carbons (Fsp3) is 0.933. The van der Waals surface area contributed by atoms with Crippen molar-refractivity contribution in [3.63, 3.8) is 0 Å². The smallest absolute Gasteiger partial charge is 0.0972 e. The van der Waals surface area contributed by atoms with Crippen LogP contribution >= 0.6 is 0 Å². The summed E-state index contributed by atoms with van der Waals surface area (Å²) in [6.07, 6.45) is -3.10. The molecule has 3 saturated carbocycles. The Morgan fingerprint density at radius 2 is 1.62 bits per heavy atom. The van der Waals surface area contributed by atoms with Crippen LogP contribution in [0.25, 0.3) is 0 Å². The van der Waals surface area contributed by atoms with Gasteiger partial charge in [-0.05, 0) is 62.3 Å². The summed E-state index contributed by atoms with van der Waals surface area (Å²) in [5.74, 6) is -1.23. The molecule has 1 saturated heterocycles. The highest BCUT2D eigenvalue weighted by Gasteiger charge is 2.71. The zero-order valence-electron chi connectivity index (χ0n) is 24.4. The second-order valence-corrected chi connectivity index (χ2v) is 14.7. The lowest BCUT2D eigenvalue weighted by molar-refractivity contribution is -0.277. The second kappa shape index (κ2) is 10.2. The molecule has 9 nitrogen and oxygen atoms in total. The predicted octanol–water partition coefficient (Wildman–Crippen LogP) is 0.720. The first-order valence-corrected chi connectivity index (χ1v) is 15.1. The van der Waals surface area contributed by atoms with Gasteiger partial charge < -0.3 is 40.6 Å². The van der Waals surface area contributed by atoms with Crippen LogP contribution in [0.5, 0.6) is 0 Å². The zero-order chi connectivity index (χ0) is 28.7. The van der Waals surface area contributed by atoms with Crippen LogP contribution in [0.15, 0.2) is 11.3 Å². The van der Waals surface area contributed by atoms with Gasteiger partial charge in [-0.2, -0.15) is 0 Å². The first kappa shape index (κ1) is 29.7. The highest BCUT2D eigenvalue weighted by atomic mass is 16.3. The molecular weight excluding hydrogens is 500 g/mol. The number of likely N-dealkylation sites (N-methyl/N-ethyl adjacent to an activating group) is 1. The topological polar surface area (TPSA) is 148 Å². The van der Waals surface area contributed by atoms with Crippen LogP contribution in [-0.2, 0) is 0 Å². The maximum Gasteiger partial charge on any atom is 0.0972 e. The summed E-state index contributed by atoms with van der Waals surface area (Å²) in [6.45, 7) is 11.8. The minimum atomic E-state index is -1.27. The lowest BCUT2D eigenvalue weighted by atomic mass is 9.37. The summed E-state index contributed by atoms with van der Waals surface area (Å²) >= 11 is 0. The molecule has 0 amide bonds. The number of piperazine rings is 1. The van der Waals surface area contributed by atoms with Gasteiger partial charge in [0.05, 0.1) is 42.4 Å². The van der Waals surface area contributed by atoms with E-state index in [1.54, 1.807) is 0 Å². The number of nitrogens with zero attached hydrogens (tertiary/aromatic N) is 2. The molecule has 0 radical (unpaired) electrons. The minimum Gasteiger partial charge on any atom is -0.512 e. The van der Waals surface area contributed by atoms with Crippen molar-refractivity contribution in [2.24, 2.45) is 39.9 Å². The molecule has 0 aromatic rings. The third-order valence-corrected chi connectivity index (χ3v) is 12.3. The molecule has 39 heavy (non-hydrogen) atoms. The van der Waals surface area contributed by atoms with E-state index in [1.165, 1.54) is 6.92 Å². The van der Waals surface area contributed by atoms with E-state index in [1.807, 2.05) is 13.8 Å². The standard InChI is InChI=1S/C30H52N2O7/c1-16(33)22-20(35)13-29(3)15-28(2)12-18-17(21(36)14-32-10-8-31(5)9-11-32)6-7-19(34)23(18)25(37)24(28)27(39)30(29,4)26(22)38/h16-19,21,23-27,33-39H,6-15H2,1-5H3. The van der Waals surface area contributed by atoms with Crippen molar-refractivity contribution in [3.8, 4) is 0 Å². The number of aliphatic hydroxyl groups is 7. The third kappa shape index (κ3) is 4.51. The Hall–Kier alpha value is -0.780. The number of hydrogen-bond donors (Lipinski definition) is 7. The largest absolute Gasteiger partial charge is 0.512 e. The molecule has 224 valence electrons. The van der Waals surface area contributed by atoms with E-state index in [4.69, 9.17) is 0 Å². The number of β-amino-alcohol motifs (C(OH)–C–C–N with tert-alkyl or cyclic N) is 1. The monoisotopic (exact) mass is 552 g/mol. The Balaban J connectivity index is 1.46. The van der Waals surface area contributed by atoms with Crippen molar-refractivity contribution in [2.75, 3.05) is 39.8 Å². The van der Waals surface area contributed by atoms with E-state index in [2.05, 4.69) is 23.8 Å². The first-order chi connectivity index (χ1) is 18.1. The Kier molecular flexibility index (Phi) is 7.76. The van der Waals surface area contributed by atoms with Crippen molar-refractivity contribution >= 4 is 0 Å². The Bertz CT molecular complexity index is 954. The first-order valence-electron chi connectivity index (χ1n) is 15.1. The van der Waals surface area contributed by atoms with E-state index in [9.17, 15) is 35.7 Å². The molecule has 9 heteroatoms. The fourth-order valence-corrected chi connectivity index (χ4v) is 10.1. The summed E-state index contributed by atoms with van der Waals surface area (Å²) in [5.41, 5.74) is -2.18. The summed E-state index contributed by atoms with van der Waals surface area (Å²) in [5, 5.41) is 79.5. The van der Waals surface area contributed by atoms with Gasteiger partial charge >= 0.3 is 0 Å². The summed E-state index contributed by atoms with van der Waals surface area (Å²) in [7, 11) is 2.11. The summed E-state index contributed by atoms with van der Waals surface area (Å²) < 4.78 is 0. The molecular formula is C30H52N2O7. The highest BCUT2D eigenvalue weighted by Crippen LogP contribution is 2.70. The Morgan fingerprint density at radius 1 is 0.974 bits per heavy atom. The predicted molar refractivity (Wildman–Crippen MR) is 147 cm³/mol. The molecule has 0 aromatic carbocycles. The Labute approximate surface area is 233 Å². The van der Waals surface area contributed by atoms with Crippen LogP contribution in [0.2, 0.25) is 0 Å². The maximum atomic E-state index is 12.1. The van der Waals surface area contributed by atoms with Crippen LogP contribution in [0.3, 0.4) is 0 Å². The molecule has 5 rings (SSSR count). The van der Waals surface area contributed by atoms with Gasteiger partial charge in [0.2, 0.25) is 0 Å². The van der Waals surface area contributed by atoms with Gasteiger partial charge in [-0.15, -0.1) is 0 Å². The number of aliphatic hydroxyl groups excluding tert-OH is 7. The van der Waals surface area contributed by atoms with Crippen molar-refractivity contribution < 1.29 is 35.7 Å². The molecule has 1 aliphatic heterocycles. The van der Waals surface area contributed by atoms with Crippen LogP contribution in [-0.4, -0.2) is 122 Å². The minimum absolute atomic E-state index is 0.0190. The van der Waals surface area contributed by atoms with E-state index in [-0.39, 0.29) is 29.6 Å². The molecule has 1 heterocycles. The van der Waals surface area contributed by atoms with Crippen molar-refractivity contribution in [1.82, 2.24) is 9.80 Å². The maximum absolute atomic E-state index is 12.1. The van der Waals surface area contributed by atoms with Gasteiger partial charge in [-0.25, -0.2) is 0 Å². The summed E-state index contributed by atoms with van der Waals surface area (Å²) in [6, 6.07) is 0. The van der Waals surface area contributed by atoms with Crippen molar-refractivity contribution in [2.45, 2.75) is 96.4 Å². The van der Waals surface area contributed by atoms with Crippen LogP contribution < -0.4 is 0 Å². The third-order valence-electron chi connectivity index (χ3n) is 12.3. The average Bonchev–Trinajstić information content (AvgIpc) is 2.82. The zero-order valence-corrected chi connectivity index (χ0v) is 24.4. The van der Waals surface area contributed by atoms with E-state index < -0.39 is 64.7 Å². The molecule has 0 spiro atoms. The average molecular weight is 553 g/mol. The van der Waals surface area contributed by atoms with Crippen molar-refractivity contribution in [1.29, 1.82) is 0 Å². The van der Waals surface area contributed by atoms with Crippen molar-refractivity contribution in [3.05, 3.63) is 11.3 Å². The molecule has 7 N–H and O–H groups in total. The van der Waals surface area contributed by atoms with Gasteiger partial charge in [0.15, 0.2) is 0 Å². The van der Waals surface area contributed by atoms with E-state index in [0.29, 0.717) is 32.2 Å². The van der Waals surface area contributed by atoms with E-state index >= 15 is 0 Å². The van der Waals surface area contributed by atoms with Gasteiger partial charge in [0.1, 0.15) is 0 Å². The summed E-state index contributed by atoms with van der Waals surface area (Å²) in [4.78, 5) is 4.60. The molecule has 0 aromatic heterocycles. The van der Waals surface area contributed by atoms with Gasteiger partial charge in [-0.1, -0.05) is 20.8 Å². The van der Waals surface area contributed by atoms with Gasteiger partial charge in [-0.3, -0.25) is 4.90 Å². The van der Waals surface area contributed by atoms with Gasteiger partial charge in [0, 0.05) is 62.0 Å². The number of hydrogen-bond acceptors (Lipinski definition) is 9. The fourth-order valence-electron chi connectivity index (χ4n) is 10.1. The number of fused-ring (bicyclic) bond motifs is 3. The molecule has 13 atom stereocenters. The second-order valence-electron chi connectivity index (χ2n) is 14.7. The molecule has 5 aliphatic rings. The van der Waals surface area contributed by atoms with Crippen LogP contribution in [0.1, 0.15) is 59.8 Å². The lowest BCUT2D eigenvalue weighted by Gasteiger charge is -2.69. The van der Waals surface area contributed by atoms with Gasteiger partial charge in [0.25, 0.3) is 0 Å². The normalized spacial score (nSPS) is 51.1. The van der Waals surface area contributed by atoms with Crippen LogP contribution in [0.4, 0.5) is 0 Å². The quantitative estimate of drug-likeness (QED) is 0.268. The Morgan fingerprint density at radius 3 is 2.23 bits per heavy atom. The van der Waals surface area contributed by atoms with E-state index in [0.717, 1.165) is 26.2 Å². The van der Waals surface area contributed by atoms with Crippen LogP contribution in [0, 0.1) is 39.9 Å². The molecule has 13 unspecified atom stereocenters. The molecule has 0 bridgehead atoms. The molecule has 4 fully saturated rings. The SMILES string of the molecule is CC(O)C1=C(O)CC2(C)CC3(C)CC4C(C(O)CN5CCN(C)CC5)CCC(O)C4C(O)C3C(O)C2(C)C1O. The molecule has 4 aliphatic carbocycles. The number of rotatable bonds is 4.